The van der Waals surface area contributed by atoms with E-state index in [4.69, 9.17) is 5.11 Å². The number of nitrogens with zero attached hydrogens (tertiary/aromatic N) is 2. The molecule has 1 fully saturated rings. The Labute approximate surface area is 113 Å². The molecule has 0 radical (unpaired) electrons. The van der Waals surface area contributed by atoms with Gasteiger partial charge in [0.25, 0.3) is 0 Å². The van der Waals surface area contributed by atoms with Crippen molar-refractivity contribution in [3.05, 3.63) is 34.3 Å². The summed E-state index contributed by atoms with van der Waals surface area (Å²) in [7, 11) is 1.69. The van der Waals surface area contributed by atoms with Gasteiger partial charge in [-0.3, -0.25) is 4.79 Å². The number of carbonyl (C=O) groups is 2. The van der Waals surface area contributed by atoms with E-state index in [0.717, 1.165) is 10.0 Å². The van der Waals surface area contributed by atoms with E-state index in [1.807, 2.05) is 24.3 Å². The van der Waals surface area contributed by atoms with Crippen molar-refractivity contribution in [3.63, 3.8) is 0 Å². The summed E-state index contributed by atoms with van der Waals surface area (Å²) in [5.41, 5.74) is 0.994. The fourth-order valence-corrected chi connectivity index (χ4v) is 2.52. The van der Waals surface area contributed by atoms with Gasteiger partial charge in [-0.05, 0) is 17.7 Å². The number of hydrogen-bond acceptors (Lipinski definition) is 2. The third-order valence-corrected chi connectivity index (χ3v) is 3.49. The Morgan fingerprint density at radius 1 is 1.56 bits per heavy atom. The SMILES string of the molecule is CN1C(=O)N(CC(=O)O)CC1c1cccc(Br)c1. The minimum Gasteiger partial charge on any atom is -0.480 e. The largest absolute Gasteiger partial charge is 0.480 e. The van der Waals surface area contributed by atoms with Gasteiger partial charge in [0, 0.05) is 18.1 Å². The maximum Gasteiger partial charge on any atom is 0.323 e. The maximum absolute atomic E-state index is 11.9. The smallest absolute Gasteiger partial charge is 0.323 e. The zero-order valence-corrected chi connectivity index (χ0v) is 11.4. The van der Waals surface area contributed by atoms with E-state index in [0.29, 0.717) is 6.54 Å². The number of benzene rings is 1. The standard InChI is InChI=1S/C12H13BrN2O3/c1-14-10(8-3-2-4-9(13)5-8)6-15(12(14)18)7-11(16)17/h2-5,10H,6-7H2,1H3,(H,16,17). The molecule has 1 heterocycles. The zero-order chi connectivity index (χ0) is 13.3. The summed E-state index contributed by atoms with van der Waals surface area (Å²) in [5.74, 6) is -0.994. The minimum atomic E-state index is -0.994. The number of amides is 2. The van der Waals surface area contributed by atoms with Gasteiger partial charge in [-0.25, -0.2) is 4.79 Å². The number of hydrogen-bond donors (Lipinski definition) is 1. The molecule has 0 bridgehead atoms. The topological polar surface area (TPSA) is 60.9 Å². The third-order valence-electron chi connectivity index (χ3n) is 2.99. The summed E-state index contributed by atoms with van der Waals surface area (Å²) in [4.78, 5) is 25.5. The number of rotatable bonds is 3. The van der Waals surface area contributed by atoms with Gasteiger partial charge in [-0.1, -0.05) is 28.1 Å². The van der Waals surface area contributed by atoms with Crippen molar-refractivity contribution in [2.75, 3.05) is 20.1 Å². The van der Waals surface area contributed by atoms with Gasteiger partial charge in [0.1, 0.15) is 6.54 Å². The summed E-state index contributed by atoms with van der Waals surface area (Å²) in [6.07, 6.45) is 0. The third kappa shape index (κ3) is 2.48. The van der Waals surface area contributed by atoms with Crippen LogP contribution in [0.1, 0.15) is 11.6 Å². The Morgan fingerprint density at radius 2 is 2.28 bits per heavy atom. The molecule has 1 aliphatic heterocycles. The predicted octanol–water partition coefficient (Wildman–Crippen LogP) is 1.94. The van der Waals surface area contributed by atoms with Gasteiger partial charge in [0.05, 0.1) is 6.04 Å². The van der Waals surface area contributed by atoms with Crippen LogP contribution in [-0.4, -0.2) is 47.0 Å². The highest BCUT2D eigenvalue weighted by Gasteiger charge is 2.36. The average molecular weight is 313 g/mol. The molecule has 96 valence electrons. The summed E-state index contributed by atoms with van der Waals surface area (Å²) in [6.45, 7) is 0.145. The van der Waals surface area contributed by atoms with Gasteiger partial charge in [0.2, 0.25) is 0 Å². The van der Waals surface area contributed by atoms with Crippen molar-refractivity contribution < 1.29 is 14.7 Å². The fraction of sp³-hybridized carbons (Fsp3) is 0.333. The number of urea groups is 1. The first-order valence-electron chi connectivity index (χ1n) is 5.48. The highest BCUT2D eigenvalue weighted by atomic mass is 79.9. The van der Waals surface area contributed by atoms with Gasteiger partial charge in [0.15, 0.2) is 0 Å². The van der Waals surface area contributed by atoms with Crippen molar-refractivity contribution in [1.29, 1.82) is 0 Å². The van der Waals surface area contributed by atoms with E-state index < -0.39 is 5.97 Å². The Kier molecular flexibility index (Phi) is 3.56. The molecular formula is C12H13BrN2O3. The van der Waals surface area contributed by atoms with Gasteiger partial charge in [-0.15, -0.1) is 0 Å². The van der Waals surface area contributed by atoms with Crippen LogP contribution in [0.25, 0.3) is 0 Å². The molecule has 2 rings (SSSR count). The van der Waals surface area contributed by atoms with Crippen LogP contribution in [0.5, 0.6) is 0 Å². The highest BCUT2D eigenvalue weighted by molar-refractivity contribution is 9.10. The maximum atomic E-state index is 11.9. The summed E-state index contributed by atoms with van der Waals surface area (Å²) < 4.78 is 0.942. The Balaban J connectivity index is 2.21. The summed E-state index contributed by atoms with van der Waals surface area (Å²) >= 11 is 3.39. The second-order valence-electron chi connectivity index (χ2n) is 4.24. The van der Waals surface area contributed by atoms with Crippen molar-refractivity contribution in [1.82, 2.24) is 9.80 Å². The number of aliphatic carboxylic acids is 1. The number of carboxylic acids is 1. The fourth-order valence-electron chi connectivity index (χ4n) is 2.10. The molecule has 0 aromatic heterocycles. The molecule has 18 heavy (non-hydrogen) atoms. The van der Waals surface area contributed by atoms with Gasteiger partial charge in [-0.2, -0.15) is 0 Å². The van der Waals surface area contributed by atoms with Crippen LogP contribution in [0.3, 0.4) is 0 Å². The van der Waals surface area contributed by atoms with Gasteiger partial charge >= 0.3 is 12.0 Å². The van der Waals surface area contributed by atoms with Crippen LogP contribution >= 0.6 is 15.9 Å². The Hall–Kier alpha value is -1.56. The second-order valence-corrected chi connectivity index (χ2v) is 5.15. The molecule has 5 nitrogen and oxygen atoms in total. The van der Waals surface area contributed by atoms with Crippen molar-refractivity contribution in [2.24, 2.45) is 0 Å². The lowest BCUT2D eigenvalue weighted by Gasteiger charge is -2.18. The van der Waals surface area contributed by atoms with Crippen molar-refractivity contribution in [2.45, 2.75) is 6.04 Å². The van der Waals surface area contributed by atoms with Crippen LogP contribution in [-0.2, 0) is 4.79 Å². The molecular weight excluding hydrogens is 300 g/mol. The molecule has 6 heteroatoms. The second kappa shape index (κ2) is 4.97. The lowest BCUT2D eigenvalue weighted by atomic mass is 10.1. The van der Waals surface area contributed by atoms with Crippen molar-refractivity contribution in [3.8, 4) is 0 Å². The van der Waals surface area contributed by atoms with Crippen LogP contribution in [0.15, 0.2) is 28.7 Å². The average Bonchev–Trinajstić information content (AvgIpc) is 2.57. The van der Waals surface area contributed by atoms with Crippen LogP contribution < -0.4 is 0 Å². The number of carbonyl (C=O) groups excluding carboxylic acids is 1. The molecule has 1 N–H and O–H groups in total. The molecule has 2 amide bonds. The molecule has 0 spiro atoms. The molecule has 1 unspecified atom stereocenters. The summed E-state index contributed by atoms with van der Waals surface area (Å²) in [6, 6.07) is 7.34. The highest BCUT2D eigenvalue weighted by Crippen LogP contribution is 2.29. The quantitative estimate of drug-likeness (QED) is 0.928. The van der Waals surface area contributed by atoms with Crippen LogP contribution in [0, 0.1) is 0 Å². The monoisotopic (exact) mass is 312 g/mol. The van der Waals surface area contributed by atoms with Crippen LogP contribution in [0.2, 0.25) is 0 Å². The Bertz CT molecular complexity index is 492. The summed E-state index contributed by atoms with van der Waals surface area (Å²) in [5, 5.41) is 8.76. The van der Waals surface area contributed by atoms with E-state index in [-0.39, 0.29) is 18.6 Å². The molecule has 0 saturated carbocycles. The van der Waals surface area contributed by atoms with E-state index in [9.17, 15) is 9.59 Å². The first kappa shape index (κ1) is 12.9. The van der Waals surface area contributed by atoms with E-state index in [1.165, 1.54) is 4.90 Å². The van der Waals surface area contributed by atoms with E-state index >= 15 is 0 Å². The lowest BCUT2D eigenvalue weighted by molar-refractivity contribution is -0.137. The predicted molar refractivity (Wildman–Crippen MR) is 69.3 cm³/mol. The molecule has 1 aliphatic rings. The molecule has 1 saturated heterocycles. The van der Waals surface area contributed by atoms with E-state index in [1.54, 1.807) is 11.9 Å². The van der Waals surface area contributed by atoms with Gasteiger partial charge < -0.3 is 14.9 Å². The number of likely N-dealkylation sites (N-methyl/N-ethyl adjacent to an activating group) is 1. The molecule has 1 aromatic rings. The molecule has 1 aromatic carbocycles. The molecule has 0 aliphatic carbocycles. The lowest BCUT2D eigenvalue weighted by Crippen LogP contribution is -2.33. The first-order valence-corrected chi connectivity index (χ1v) is 6.27. The van der Waals surface area contributed by atoms with Crippen molar-refractivity contribution >= 4 is 27.9 Å². The number of halogens is 1. The molecule has 1 atom stereocenters. The minimum absolute atomic E-state index is 0.102. The zero-order valence-electron chi connectivity index (χ0n) is 9.84. The van der Waals surface area contributed by atoms with E-state index in [2.05, 4.69) is 15.9 Å². The first-order chi connectivity index (χ1) is 8.49. The normalized spacial score (nSPS) is 19.4. The van der Waals surface area contributed by atoms with Crippen LogP contribution in [0.4, 0.5) is 4.79 Å². The Morgan fingerprint density at radius 3 is 2.89 bits per heavy atom. The number of carboxylic acid groups (broad SMARTS) is 1.